The fourth-order valence-electron chi connectivity index (χ4n) is 2.31. The SMILES string of the molecule is CCCC(=O)NC1CCN(C(=O)c2ccco2)CC1. The van der Waals surface area contributed by atoms with E-state index in [9.17, 15) is 9.59 Å². The highest BCUT2D eigenvalue weighted by molar-refractivity contribution is 5.91. The molecule has 0 aromatic carbocycles. The number of amides is 2. The van der Waals surface area contributed by atoms with Gasteiger partial charge in [-0.3, -0.25) is 9.59 Å². The van der Waals surface area contributed by atoms with Crippen LogP contribution in [0.5, 0.6) is 0 Å². The maximum Gasteiger partial charge on any atom is 0.289 e. The summed E-state index contributed by atoms with van der Waals surface area (Å²) in [6.45, 7) is 3.32. The third kappa shape index (κ3) is 3.59. The molecule has 5 heteroatoms. The Morgan fingerprint density at radius 2 is 2.16 bits per heavy atom. The van der Waals surface area contributed by atoms with Crippen LogP contribution in [0, 0.1) is 0 Å². The van der Waals surface area contributed by atoms with Gasteiger partial charge < -0.3 is 14.6 Å². The Morgan fingerprint density at radius 3 is 2.74 bits per heavy atom. The molecule has 1 saturated heterocycles. The minimum absolute atomic E-state index is 0.0664. The fraction of sp³-hybridized carbons (Fsp3) is 0.571. The largest absolute Gasteiger partial charge is 0.459 e. The summed E-state index contributed by atoms with van der Waals surface area (Å²) in [5, 5.41) is 3.01. The molecular weight excluding hydrogens is 244 g/mol. The zero-order chi connectivity index (χ0) is 13.7. The van der Waals surface area contributed by atoms with Crippen LogP contribution in [0.15, 0.2) is 22.8 Å². The number of carbonyl (C=O) groups is 2. The van der Waals surface area contributed by atoms with Crippen LogP contribution in [0.2, 0.25) is 0 Å². The minimum Gasteiger partial charge on any atom is -0.459 e. The second-order valence-corrected chi connectivity index (χ2v) is 4.86. The van der Waals surface area contributed by atoms with E-state index in [2.05, 4.69) is 5.32 Å². The number of rotatable bonds is 4. The molecule has 0 radical (unpaired) electrons. The van der Waals surface area contributed by atoms with Crippen LogP contribution in [0.3, 0.4) is 0 Å². The summed E-state index contributed by atoms with van der Waals surface area (Å²) in [6.07, 6.45) is 4.56. The molecule has 0 bridgehead atoms. The molecule has 2 rings (SSSR count). The third-order valence-corrected chi connectivity index (χ3v) is 3.36. The van der Waals surface area contributed by atoms with Gasteiger partial charge in [0.2, 0.25) is 5.91 Å². The van der Waals surface area contributed by atoms with Gasteiger partial charge in [0.25, 0.3) is 5.91 Å². The molecule has 0 spiro atoms. The summed E-state index contributed by atoms with van der Waals surface area (Å²) in [5.74, 6) is 0.426. The monoisotopic (exact) mass is 264 g/mol. The summed E-state index contributed by atoms with van der Waals surface area (Å²) in [7, 11) is 0. The lowest BCUT2D eigenvalue weighted by molar-refractivity contribution is -0.122. The van der Waals surface area contributed by atoms with E-state index < -0.39 is 0 Å². The van der Waals surface area contributed by atoms with E-state index in [0.717, 1.165) is 19.3 Å². The van der Waals surface area contributed by atoms with Crippen molar-refractivity contribution in [3.05, 3.63) is 24.2 Å². The average molecular weight is 264 g/mol. The summed E-state index contributed by atoms with van der Waals surface area (Å²) in [4.78, 5) is 25.3. The van der Waals surface area contributed by atoms with Gasteiger partial charge in [0, 0.05) is 25.6 Å². The van der Waals surface area contributed by atoms with Gasteiger partial charge in [-0.15, -0.1) is 0 Å². The Bertz CT molecular complexity index is 420. The predicted octanol–water partition coefficient (Wildman–Crippen LogP) is 1.80. The second-order valence-electron chi connectivity index (χ2n) is 4.86. The molecule has 0 aliphatic carbocycles. The number of hydrogen-bond acceptors (Lipinski definition) is 3. The number of likely N-dealkylation sites (tertiary alicyclic amines) is 1. The molecule has 2 heterocycles. The molecule has 0 unspecified atom stereocenters. The van der Waals surface area contributed by atoms with E-state index >= 15 is 0 Å². The smallest absolute Gasteiger partial charge is 0.289 e. The van der Waals surface area contributed by atoms with Crippen molar-refractivity contribution in [2.24, 2.45) is 0 Å². The molecule has 0 saturated carbocycles. The Hall–Kier alpha value is -1.78. The van der Waals surface area contributed by atoms with Gasteiger partial charge in [0.05, 0.1) is 6.26 Å². The van der Waals surface area contributed by atoms with Crippen molar-refractivity contribution in [1.29, 1.82) is 0 Å². The fourth-order valence-corrected chi connectivity index (χ4v) is 2.31. The highest BCUT2D eigenvalue weighted by Gasteiger charge is 2.25. The van der Waals surface area contributed by atoms with Crippen LogP contribution in [0.4, 0.5) is 0 Å². The molecule has 1 N–H and O–H groups in total. The topological polar surface area (TPSA) is 62.6 Å². The van der Waals surface area contributed by atoms with Gasteiger partial charge >= 0.3 is 0 Å². The Kier molecular flexibility index (Phi) is 4.60. The van der Waals surface area contributed by atoms with E-state index in [1.807, 2.05) is 6.92 Å². The first-order valence-corrected chi connectivity index (χ1v) is 6.83. The lowest BCUT2D eigenvalue weighted by Crippen LogP contribution is -2.46. The minimum atomic E-state index is -0.0664. The quantitative estimate of drug-likeness (QED) is 0.902. The molecule has 1 fully saturated rings. The first-order valence-electron chi connectivity index (χ1n) is 6.83. The van der Waals surface area contributed by atoms with Gasteiger partial charge in [-0.05, 0) is 31.4 Å². The van der Waals surface area contributed by atoms with Gasteiger partial charge in [0.15, 0.2) is 5.76 Å². The molecular formula is C14H20N2O3. The zero-order valence-corrected chi connectivity index (χ0v) is 11.2. The van der Waals surface area contributed by atoms with Crippen LogP contribution in [0.25, 0.3) is 0 Å². The second kappa shape index (κ2) is 6.41. The molecule has 1 aromatic rings. The summed E-state index contributed by atoms with van der Waals surface area (Å²) < 4.78 is 5.11. The van der Waals surface area contributed by atoms with Crippen molar-refractivity contribution in [3.8, 4) is 0 Å². The normalized spacial score (nSPS) is 16.4. The summed E-state index contributed by atoms with van der Waals surface area (Å²) in [6, 6.07) is 3.59. The van der Waals surface area contributed by atoms with Crippen LogP contribution in [0.1, 0.15) is 43.2 Å². The Morgan fingerprint density at radius 1 is 1.42 bits per heavy atom. The van der Waals surface area contributed by atoms with Crippen LogP contribution >= 0.6 is 0 Å². The number of nitrogens with zero attached hydrogens (tertiary/aromatic N) is 1. The molecule has 1 aliphatic heterocycles. The standard InChI is InChI=1S/C14H20N2O3/c1-2-4-13(17)15-11-6-8-16(9-7-11)14(18)12-5-3-10-19-12/h3,5,10-11H,2,4,6-9H2,1H3,(H,15,17). The summed E-state index contributed by atoms with van der Waals surface area (Å²) >= 11 is 0. The summed E-state index contributed by atoms with van der Waals surface area (Å²) in [5.41, 5.74) is 0. The molecule has 1 aliphatic rings. The van der Waals surface area contributed by atoms with Gasteiger partial charge in [-0.1, -0.05) is 6.92 Å². The van der Waals surface area contributed by atoms with E-state index in [-0.39, 0.29) is 17.9 Å². The van der Waals surface area contributed by atoms with Crippen LogP contribution < -0.4 is 5.32 Å². The molecule has 2 amide bonds. The molecule has 5 nitrogen and oxygen atoms in total. The van der Waals surface area contributed by atoms with Crippen molar-refractivity contribution < 1.29 is 14.0 Å². The first-order chi connectivity index (χ1) is 9.20. The maximum absolute atomic E-state index is 12.0. The van der Waals surface area contributed by atoms with E-state index in [1.165, 1.54) is 6.26 Å². The number of hydrogen-bond donors (Lipinski definition) is 1. The lowest BCUT2D eigenvalue weighted by Gasteiger charge is -2.31. The van der Waals surface area contributed by atoms with Crippen molar-refractivity contribution in [2.45, 2.75) is 38.6 Å². The van der Waals surface area contributed by atoms with Crippen molar-refractivity contribution >= 4 is 11.8 Å². The van der Waals surface area contributed by atoms with E-state index in [0.29, 0.717) is 25.3 Å². The highest BCUT2D eigenvalue weighted by atomic mass is 16.3. The molecule has 0 atom stereocenters. The van der Waals surface area contributed by atoms with Crippen LogP contribution in [-0.4, -0.2) is 35.8 Å². The average Bonchev–Trinajstić information content (AvgIpc) is 2.93. The highest BCUT2D eigenvalue weighted by Crippen LogP contribution is 2.14. The van der Waals surface area contributed by atoms with Gasteiger partial charge in [0.1, 0.15) is 0 Å². The van der Waals surface area contributed by atoms with Crippen molar-refractivity contribution in [1.82, 2.24) is 10.2 Å². The number of nitrogens with one attached hydrogen (secondary N) is 1. The molecule has 104 valence electrons. The number of piperidine rings is 1. The number of furan rings is 1. The molecule has 19 heavy (non-hydrogen) atoms. The van der Waals surface area contributed by atoms with Gasteiger partial charge in [-0.25, -0.2) is 0 Å². The third-order valence-electron chi connectivity index (χ3n) is 3.36. The van der Waals surface area contributed by atoms with E-state index in [1.54, 1.807) is 17.0 Å². The van der Waals surface area contributed by atoms with Crippen molar-refractivity contribution in [2.75, 3.05) is 13.1 Å². The zero-order valence-electron chi connectivity index (χ0n) is 11.2. The van der Waals surface area contributed by atoms with Crippen molar-refractivity contribution in [3.63, 3.8) is 0 Å². The Labute approximate surface area is 113 Å². The van der Waals surface area contributed by atoms with Gasteiger partial charge in [-0.2, -0.15) is 0 Å². The van der Waals surface area contributed by atoms with E-state index in [4.69, 9.17) is 4.42 Å². The molecule has 1 aromatic heterocycles. The first kappa shape index (κ1) is 13.6. The number of carbonyl (C=O) groups excluding carboxylic acids is 2. The predicted molar refractivity (Wildman–Crippen MR) is 70.7 cm³/mol. The Balaban J connectivity index is 1.79. The maximum atomic E-state index is 12.0. The van der Waals surface area contributed by atoms with Crippen LogP contribution in [-0.2, 0) is 4.79 Å². The lowest BCUT2D eigenvalue weighted by atomic mass is 10.0.